The molecule has 0 heterocycles. The van der Waals surface area contributed by atoms with Crippen LogP contribution in [0.2, 0.25) is 0 Å². The summed E-state index contributed by atoms with van der Waals surface area (Å²) in [4.78, 5) is 0. The molecule has 1 heteroatoms. The van der Waals surface area contributed by atoms with Crippen molar-refractivity contribution in [3.05, 3.63) is 42.0 Å². The standard InChI is InChI=1S/C17H26O/c1-2-16(15-18)11-7-4-3-5-8-12-17-13-9-6-10-14-17/h6,8-10,12-14,16,18H,2-5,7,11,15H2,1H3. The Kier molecular flexibility index (Phi) is 8.24. The molecule has 0 aliphatic heterocycles. The molecule has 0 amide bonds. The molecule has 0 saturated carbocycles. The van der Waals surface area contributed by atoms with Crippen molar-refractivity contribution in [2.45, 2.75) is 45.4 Å². The van der Waals surface area contributed by atoms with Gasteiger partial charge in [0.15, 0.2) is 0 Å². The highest BCUT2D eigenvalue weighted by molar-refractivity contribution is 5.48. The van der Waals surface area contributed by atoms with Gasteiger partial charge in [0.25, 0.3) is 0 Å². The van der Waals surface area contributed by atoms with Gasteiger partial charge in [-0.3, -0.25) is 0 Å². The summed E-state index contributed by atoms with van der Waals surface area (Å²) in [7, 11) is 0. The normalized spacial score (nSPS) is 13.0. The molecule has 0 aliphatic rings. The lowest BCUT2D eigenvalue weighted by Crippen LogP contribution is -2.03. The van der Waals surface area contributed by atoms with E-state index in [0.717, 1.165) is 12.8 Å². The number of hydrogen-bond donors (Lipinski definition) is 1. The van der Waals surface area contributed by atoms with Gasteiger partial charge in [0.05, 0.1) is 0 Å². The van der Waals surface area contributed by atoms with Gasteiger partial charge in [-0.2, -0.15) is 0 Å². The van der Waals surface area contributed by atoms with Crippen molar-refractivity contribution in [2.75, 3.05) is 6.61 Å². The zero-order valence-corrected chi connectivity index (χ0v) is 11.5. The summed E-state index contributed by atoms with van der Waals surface area (Å²) in [6, 6.07) is 10.4. The Labute approximate surface area is 112 Å². The SMILES string of the molecule is CCC(CO)CCCCCC=Cc1ccccc1. The van der Waals surface area contributed by atoms with Crippen LogP contribution < -0.4 is 0 Å². The summed E-state index contributed by atoms with van der Waals surface area (Å²) >= 11 is 0. The fourth-order valence-electron chi connectivity index (χ4n) is 2.08. The van der Waals surface area contributed by atoms with Crippen LogP contribution in [0.5, 0.6) is 0 Å². The molecule has 1 unspecified atom stereocenters. The van der Waals surface area contributed by atoms with E-state index in [2.05, 4.69) is 43.3 Å². The zero-order chi connectivity index (χ0) is 13.1. The third kappa shape index (κ3) is 6.61. The van der Waals surface area contributed by atoms with Crippen LogP contribution in [-0.2, 0) is 0 Å². The highest BCUT2D eigenvalue weighted by Gasteiger charge is 2.02. The van der Waals surface area contributed by atoms with Crippen LogP contribution in [0.1, 0.15) is 51.0 Å². The van der Waals surface area contributed by atoms with Gasteiger partial charge in [-0.15, -0.1) is 0 Å². The fourth-order valence-corrected chi connectivity index (χ4v) is 2.08. The Balaban J connectivity index is 2.03. The maximum absolute atomic E-state index is 9.08. The Morgan fingerprint density at radius 1 is 1.11 bits per heavy atom. The smallest absolute Gasteiger partial charge is 0.0459 e. The lowest BCUT2D eigenvalue weighted by Gasteiger charge is -2.10. The predicted octanol–water partition coefficient (Wildman–Crippen LogP) is 4.67. The number of aliphatic hydroxyl groups excluding tert-OH is 1. The summed E-state index contributed by atoms with van der Waals surface area (Å²) in [6.07, 6.45) is 11.7. The molecule has 0 fully saturated rings. The zero-order valence-electron chi connectivity index (χ0n) is 11.5. The summed E-state index contributed by atoms with van der Waals surface area (Å²) in [5.74, 6) is 0.518. The summed E-state index contributed by atoms with van der Waals surface area (Å²) in [5, 5.41) is 9.08. The number of aliphatic hydroxyl groups is 1. The second-order valence-corrected chi connectivity index (χ2v) is 4.91. The Bertz CT molecular complexity index is 312. The van der Waals surface area contributed by atoms with E-state index < -0.39 is 0 Å². The first-order valence-electron chi connectivity index (χ1n) is 7.19. The number of hydrogen-bond acceptors (Lipinski definition) is 1. The number of rotatable bonds is 9. The summed E-state index contributed by atoms with van der Waals surface area (Å²) in [6.45, 7) is 2.51. The van der Waals surface area contributed by atoms with Crippen LogP contribution in [0.15, 0.2) is 36.4 Å². The largest absolute Gasteiger partial charge is 0.396 e. The van der Waals surface area contributed by atoms with E-state index in [4.69, 9.17) is 5.11 Å². The Morgan fingerprint density at radius 3 is 2.56 bits per heavy atom. The molecule has 0 aliphatic carbocycles. The molecule has 1 atom stereocenters. The number of unbranched alkanes of at least 4 members (excludes halogenated alkanes) is 3. The molecule has 0 bridgehead atoms. The highest BCUT2D eigenvalue weighted by Crippen LogP contribution is 2.13. The molecule has 0 aromatic heterocycles. The van der Waals surface area contributed by atoms with Crippen LogP contribution in [0.3, 0.4) is 0 Å². The minimum absolute atomic E-state index is 0.352. The third-order valence-corrected chi connectivity index (χ3v) is 3.43. The lowest BCUT2D eigenvalue weighted by atomic mass is 9.99. The highest BCUT2D eigenvalue weighted by atomic mass is 16.3. The quantitative estimate of drug-likeness (QED) is 0.628. The topological polar surface area (TPSA) is 20.2 Å². The molecule has 1 nitrogen and oxygen atoms in total. The van der Waals surface area contributed by atoms with Crippen LogP contribution in [-0.4, -0.2) is 11.7 Å². The van der Waals surface area contributed by atoms with Gasteiger partial charge < -0.3 is 5.11 Å². The van der Waals surface area contributed by atoms with Gasteiger partial charge in [-0.05, 0) is 30.7 Å². The van der Waals surface area contributed by atoms with Crippen molar-refractivity contribution >= 4 is 6.08 Å². The van der Waals surface area contributed by atoms with E-state index in [1.807, 2.05) is 6.07 Å². The van der Waals surface area contributed by atoms with Crippen molar-refractivity contribution in [2.24, 2.45) is 5.92 Å². The molecule has 1 rings (SSSR count). The van der Waals surface area contributed by atoms with Crippen LogP contribution >= 0.6 is 0 Å². The minimum Gasteiger partial charge on any atom is -0.396 e. The fraction of sp³-hybridized carbons (Fsp3) is 0.529. The molecule has 1 aromatic rings. The van der Waals surface area contributed by atoms with Crippen LogP contribution in [0.4, 0.5) is 0 Å². The monoisotopic (exact) mass is 246 g/mol. The molecule has 0 saturated heterocycles. The first-order chi connectivity index (χ1) is 8.86. The molecule has 0 spiro atoms. The Morgan fingerprint density at radius 2 is 1.89 bits per heavy atom. The van der Waals surface area contributed by atoms with E-state index in [0.29, 0.717) is 12.5 Å². The van der Waals surface area contributed by atoms with Gasteiger partial charge in [-0.1, -0.05) is 68.7 Å². The summed E-state index contributed by atoms with van der Waals surface area (Å²) in [5.41, 5.74) is 1.28. The third-order valence-electron chi connectivity index (χ3n) is 3.43. The van der Waals surface area contributed by atoms with Crippen molar-refractivity contribution in [1.29, 1.82) is 0 Å². The predicted molar refractivity (Wildman–Crippen MR) is 79.4 cm³/mol. The van der Waals surface area contributed by atoms with Gasteiger partial charge in [0.1, 0.15) is 0 Å². The molecular weight excluding hydrogens is 220 g/mol. The van der Waals surface area contributed by atoms with Gasteiger partial charge >= 0.3 is 0 Å². The molecule has 100 valence electrons. The average Bonchev–Trinajstić information content (AvgIpc) is 2.43. The summed E-state index contributed by atoms with van der Waals surface area (Å²) < 4.78 is 0. The van der Waals surface area contributed by atoms with E-state index in [-0.39, 0.29) is 0 Å². The van der Waals surface area contributed by atoms with E-state index in [9.17, 15) is 0 Å². The van der Waals surface area contributed by atoms with E-state index in [1.54, 1.807) is 0 Å². The van der Waals surface area contributed by atoms with Gasteiger partial charge in [-0.25, -0.2) is 0 Å². The molecular formula is C17H26O. The second-order valence-electron chi connectivity index (χ2n) is 4.91. The molecule has 0 radical (unpaired) electrons. The maximum Gasteiger partial charge on any atom is 0.0459 e. The van der Waals surface area contributed by atoms with Crippen LogP contribution in [0.25, 0.3) is 6.08 Å². The van der Waals surface area contributed by atoms with Crippen molar-refractivity contribution in [1.82, 2.24) is 0 Å². The number of allylic oxidation sites excluding steroid dienone is 1. The Hall–Kier alpha value is -1.08. The van der Waals surface area contributed by atoms with Gasteiger partial charge in [0.2, 0.25) is 0 Å². The molecule has 1 aromatic carbocycles. The first-order valence-corrected chi connectivity index (χ1v) is 7.19. The van der Waals surface area contributed by atoms with Crippen LogP contribution in [0, 0.1) is 5.92 Å². The van der Waals surface area contributed by atoms with E-state index >= 15 is 0 Å². The lowest BCUT2D eigenvalue weighted by molar-refractivity contribution is 0.212. The average molecular weight is 246 g/mol. The van der Waals surface area contributed by atoms with Crippen molar-refractivity contribution < 1.29 is 5.11 Å². The van der Waals surface area contributed by atoms with Crippen molar-refractivity contribution in [3.8, 4) is 0 Å². The number of benzene rings is 1. The van der Waals surface area contributed by atoms with Crippen molar-refractivity contribution in [3.63, 3.8) is 0 Å². The first kappa shape index (κ1) is 15.0. The molecule has 18 heavy (non-hydrogen) atoms. The maximum atomic E-state index is 9.08. The second kappa shape index (κ2) is 9.90. The molecule has 1 N–H and O–H groups in total. The van der Waals surface area contributed by atoms with E-state index in [1.165, 1.54) is 31.2 Å². The minimum atomic E-state index is 0.352. The van der Waals surface area contributed by atoms with Gasteiger partial charge in [0, 0.05) is 6.61 Å².